The number of aliphatic hydroxyl groups excluding tert-OH is 1. The summed E-state index contributed by atoms with van der Waals surface area (Å²) < 4.78 is 0. The zero-order valence-electron chi connectivity index (χ0n) is 15.0. The zero-order valence-corrected chi connectivity index (χ0v) is 15.0. The molecule has 0 spiro atoms. The van der Waals surface area contributed by atoms with Crippen LogP contribution in [0.4, 0.5) is 0 Å². The van der Waals surface area contributed by atoms with Crippen LogP contribution in [0.5, 0.6) is 0 Å². The van der Waals surface area contributed by atoms with Gasteiger partial charge in [0.15, 0.2) is 0 Å². The summed E-state index contributed by atoms with van der Waals surface area (Å²) in [7, 11) is 0. The van der Waals surface area contributed by atoms with Crippen LogP contribution in [0, 0.1) is 0 Å². The summed E-state index contributed by atoms with van der Waals surface area (Å²) in [5.41, 5.74) is 13.7. The van der Waals surface area contributed by atoms with Crippen LogP contribution in [0.1, 0.15) is 11.1 Å². The van der Waals surface area contributed by atoms with Gasteiger partial charge in [0.2, 0.25) is 11.8 Å². The number of nitrogens with two attached hydrogens (primary N) is 2. The molecule has 7 nitrogen and oxygen atoms in total. The summed E-state index contributed by atoms with van der Waals surface area (Å²) >= 11 is 0. The first-order valence-electron chi connectivity index (χ1n) is 8.80. The van der Waals surface area contributed by atoms with Crippen molar-refractivity contribution < 1.29 is 14.7 Å². The normalized spacial score (nSPS) is 13.0. The van der Waals surface area contributed by atoms with E-state index in [0.29, 0.717) is 12.8 Å². The minimum Gasteiger partial charge on any atom is -0.392 e. The van der Waals surface area contributed by atoms with E-state index in [-0.39, 0.29) is 0 Å². The minimum atomic E-state index is -0.950. The van der Waals surface area contributed by atoms with E-state index in [0.717, 1.165) is 11.1 Å². The van der Waals surface area contributed by atoms with E-state index in [2.05, 4.69) is 10.6 Å². The first kappa shape index (κ1) is 20.6. The molecule has 0 fully saturated rings. The Kier molecular flexibility index (Phi) is 7.94. The number of amides is 2. The molecule has 0 aliphatic rings. The molecule has 0 radical (unpaired) electrons. The summed E-state index contributed by atoms with van der Waals surface area (Å²) in [6.07, 6.45) is -0.243. The lowest BCUT2D eigenvalue weighted by molar-refractivity contribution is -0.126. The molecule has 0 aromatic heterocycles. The number of nitrogens with one attached hydrogen (secondary N) is 2. The van der Waals surface area contributed by atoms with Crippen LogP contribution in [0.15, 0.2) is 60.7 Å². The van der Waals surface area contributed by atoms with Gasteiger partial charge >= 0.3 is 0 Å². The molecule has 2 aromatic rings. The highest BCUT2D eigenvalue weighted by molar-refractivity contribution is 5.84. The largest absolute Gasteiger partial charge is 0.392 e. The minimum absolute atomic E-state index is 0.353. The van der Waals surface area contributed by atoms with Gasteiger partial charge in [0.05, 0.1) is 18.7 Å². The second kappa shape index (κ2) is 10.4. The van der Waals surface area contributed by atoms with Crippen molar-refractivity contribution in [3.8, 4) is 0 Å². The molecule has 0 unspecified atom stereocenters. The van der Waals surface area contributed by atoms with Gasteiger partial charge in [-0.15, -0.1) is 0 Å². The molecule has 2 atom stereocenters. The SMILES string of the molecule is N[C@@H](Cc1ccccc1)C(=O)NC(CO)NC(=O)[C@@H](N)Cc1ccccc1. The third-order valence-electron chi connectivity index (χ3n) is 4.09. The average molecular weight is 370 g/mol. The second-order valence-corrected chi connectivity index (χ2v) is 6.34. The van der Waals surface area contributed by atoms with Crippen LogP contribution in [0.25, 0.3) is 0 Å². The Morgan fingerprint density at radius 3 is 1.48 bits per heavy atom. The van der Waals surface area contributed by atoms with Crippen molar-refractivity contribution in [1.29, 1.82) is 0 Å². The lowest BCUT2D eigenvalue weighted by Gasteiger charge is -2.22. The third-order valence-corrected chi connectivity index (χ3v) is 4.09. The van der Waals surface area contributed by atoms with Crippen molar-refractivity contribution in [3.63, 3.8) is 0 Å². The Morgan fingerprint density at radius 1 is 0.778 bits per heavy atom. The van der Waals surface area contributed by atoms with E-state index in [1.54, 1.807) is 0 Å². The number of benzene rings is 2. The molecule has 0 heterocycles. The van der Waals surface area contributed by atoms with E-state index in [4.69, 9.17) is 11.5 Å². The molecule has 0 aliphatic heterocycles. The molecule has 27 heavy (non-hydrogen) atoms. The Hall–Kier alpha value is -2.74. The Labute approximate surface area is 158 Å². The molecule has 0 saturated carbocycles. The first-order chi connectivity index (χ1) is 13.0. The fourth-order valence-electron chi connectivity index (χ4n) is 2.61. The molecule has 0 bridgehead atoms. The maximum atomic E-state index is 12.2. The number of aliphatic hydroxyl groups is 1. The van der Waals surface area contributed by atoms with Crippen molar-refractivity contribution in [2.45, 2.75) is 31.1 Å². The zero-order chi connectivity index (χ0) is 19.6. The number of rotatable bonds is 9. The molecule has 144 valence electrons. The van der Waals surface area contributed by atoms with E-state index in [9.17, 15) is 14.7 Å². The molecule has 7 N–H and O–H groups in total. The summed E-state index contributed by atoms with van der Waals surface area (Å²) in [6, 6.07) is 17.1. The lowest BCUT2D eigenvalue weighted by atomic mass is 10.1. The Balaban J connectivity index is 1.84. The van der Waals surface area contributed by atoms with Crippen molar-refractivity contribution >= 4 is 11.8 Å². The highest BCUT2D eigenvalue weighted by Crippen LogP contribution is 2.03. The lowest BCUT2D eigenvalue weighted by Crippen LogP contribution is -2.57. The van der Waals surface area contributed by atoms with Gasteiger partial charge in [-0.25, -0.2) is 0 Å². The molecule has 0 saturated heterocycles. The molecule has 7 heteroatoms. The number of carbonyl (C=O) groups is 2. The summed E-state index contributed by atoms with van der Waals surface area (Å²) in [4.78, 5) is 24.5. The predicted molar refractivity (Wildman–Crippen MR) is 103 cm³/mol. The second-order valence-electron chi connectivity index (χ2n) is 6.34. The van der Waals surface area contributed by atoms with Crippen LogP contribution < -0.4 is 22.1 Å². The summed E-state index contributed by atoms with van der Waals surface area (Å²) in [6.45, 7) is -0.465. The fourth-order valence-corrected chi connectivity index (χ4v) is 2.61. The first-order valence-corrected chi connectivity index (χ1v) is 8.80. The Morgan fingerprint density at radius 2 is 1.15 bits per heavy atom. The molecule has 0 aliphatic carbocycles. The van der Waals surface area contributed by atoms with E-state index >= 15 is 0 Å². The van der Waals surface area contributed by atoms with Gasteiger partial charge in [0, 0.05) is 0 Å². The van der Waals surface area contributed by atoms with Crippen molar-refractivity contribution in [2.24, 2.45) is 11.5 Å². The molecule has 2 rings (SSSR count). The fraction of sp³-hybridized carbons (Fsp3) is 0.300. The van der Waals surface area contributed by atoms with Crippen molar-refractivity contribution in [3.05, 3.63) is 71.8 Å². The number of hydrogen-bond donors (Lipinski definition) is 5. The van der Waals surface area contributed by atoms with Crippen LogP contribution in [-0.4, -0.2) is 41.8 Å². The van der Waals surface area contributed by atoms with E-state index in [1.807, 2.05) is 60.7 Å². The van der Waals surface area contributed by atoms with Crippen molar-refractivity contribution in [1.82, 2.24) is 10.6 Å². The van der Waals surface area contributed by atoms with Gasteiger partial charge in [-0.2, -0.15) is 0 Å². The van der Waals surface area contributed by atoms with Crippen LogP contribution in [0.3, 0.4) is 0 Å². The molecule has 2 amide bonds. The monoisotopic (exact) mass is 370 g/mol. The van der Waals surface area contributed by atoms with Gasteiger partial charge in [0.25, 0.3) is 0 Å². The van der Waals surface area contributed by atoms with E-state index < -0.39 is 36.7 Å². The third kappa shape index (κ3) is 6.82. The van der Waals surface area contributed by atoms with Crippen LogP contribution >= 0.6 is 0 Å². The summed E-state index contributed by atoms with van der Waals surface area (Å²) in [5, 5.41) is 14.5. The van der Waals surface area contributed by atoms with Crippen LogP contribution in [0.2, 0.25) is 0 Å². The van der Waals surface area contributed by atoms with E-state index in [1.165, 1.54) is 0 Å². The Bertz CT molecular complexity index is 663. The van der Waals surface area contributed by atoms with Crippen LogP contribution in [-0.2, 0) is 22.4 Å². The maximum absolute atomic E-state index is 12.2. The van der Waals surface area contributed by atoms with Gasteiger partial charge in [-0.1, -0.05) is 60.7 Å². The smallest absolute Gasteiger partial charge is 0.238 e. The van der Waals surface area contributed by atoms with Gasteiger partial charge in [-0.3, -0.25) is 9.59 Å². The highest BCUT2D eigenvalue weighted by atomic mass is 16.3. The van der Waals surface area contributed by atoms with Gasteiger partial charge in [-0.05, 0) is 24.0 Å². The number of carbonyl (C=O) groups excluding carboxylic acids is 2. The predicted octanol–water partition coefficient (Wildman–Crippen LogP) is -0.323. The summed E-state index contributed by atoms with van der Waals surface area (Å²) in [5.74, 6) is -0.926. The highest BCUT2D eigenvalue weighted by Gasteiger charge is 2.22. The van der Waals surface area contributed by atoms with Gasteiger partial charge in [0.1, 0.15) is 6.17 Å². The standard InChI is InChI=1S/C20H26N4O3/c21-16(11-14-7-3-1-4-8-14)19(26)23-18(13-25)24-20(27)17(22)12-15-9-5-2-6-10-15/h1-10,16-18,25H,11-13,21-22H2,(H,23,26)(H,24,27)/t16-,17-/m0/s1. The maximum Gasteiger partial charge on any atom is 0.238 e. The quantitative estimate of drug-likeness (QED) is 0.386. The molecular formula is C20H26N4O3. The van der Waals surface area contributed by atoms with Gasteiger partial charge < -0.3 is 27.2 Å². The average Bonchev–Trinajstić information content (AvgIpc) is 2.68. The molecule has 2 aromatic carbocycles. The molecular weight excluding hydrogens is 344 g/mol. The number of hydrogen-bond acceptors (Lipinski definition) is 5. The topological polar surface area (TPSA) is 130 Å². The van der Waals surface area contributed by atoms with Crippen molar-refractivity contribution in [2.75, 3.05) is 6.61 Å².